The van der Waals surface area contributed by atoms with Crippen LogP contribution in [0.1, 0.15) is 0 Å². The van der Waals surface area contributed by atoms with Crippen LogP contribution in [0.2, 0.25) is 0 Å². The average Bonchev–Trinajstić information content (AvgIpc) is 2.12. The van der Waals surface area contributed by atoms with Crippen LogP contribution in [0.25, 0.3) is 0 Å². The van der Waals surface area contributed by atoms with E-state index in [0.29, 0.717) is 11.4 Å². The molecule has 0 unspecified atom stereocenters. The molecule has 16 heavy (non-hydrogen) atoms. The smallest absolute Gasteiger partial charge is 0.349 e. The molecule has 0 spiro atoms. The molecular formula is C8H10N2O5S. The van der Waals surface area contributed by atoms with Gasteiger partial charge in [-0.3, -0.25) is 4.55 Å². The largest absolute Gasteiger partial charge is 0.399 e. The summed E-state index contributed by atoms with van der Waals surface area (Å²) < 4.78 is 29.0. The van der Waals surface area contributed by atoms with Crippen molar-refractivity contribution >= 4 is 27.5 Å². The maximum atomic E-state index is 10.9. The number of anilines is 2. The second kappa shape index (κ2) is 4.81. The number of nitrogens with two attached hydrogens (primary N) is 1. The molecule has 0 saturated carbocycles. The zero-order valence-corrected chi connectivity index (χ0v) is 8.90. The first-order valence-corrected chi connectivity index (χ1v) is 5.74. The zero-order valence-electron chi connectivity index (χ0n) is 8.08. The topological polar surface area (TPSA) is 119 Å². The van der Waals surface area contributed by atoms with Gasteiger partial charge in [0.2, 0.25) is 0 Å². The summed E-state index contributed by atoms with van der Waals surface area (Å²) in [6, 6.07) is 6.30. The van der Waals surface area contributed by atoms with Gasteiger partial charge in [-0.25, -0.2) is 10.3 Å². The molecule has 1 rings (SSSR count). The minimum Gasteiger partial charge on any atom is -0.399 e. The summed E-state index contributed by atoms with van der Waals surface area (Å²) in [4.78, 5) is 15.2. The Balaban J connectivity index is 2.49. The zero-order chi connectivity index (χ0) is 12.2. The van der Waals surface area contributed by atoms with Crippen molar-refractivity contribution in [2.75, 3.05) is 17.0 Å². The first kappa shape index (κ1) is 12.3. The Bertz CT molecular complexity index is 485. The third-order valence-corrected chi connectivity index (χ3v) is 2.07. The van der Waals surface area contributed by atoms with Crippen LogP contribution in [-0.4, -0.2) is 24.7 Å². The van der Waals surface area contributed by atoms with Gasteiger partial charge in [-0.15, -0.1) is 0 Å². The van der Waals surface area contributed by atoms with Crippen LogP contribution in [0.15, 0.2) is 24.3 Å². The van der Waals surface area contributed by atoms with E-state index in [1.165, 1.54) is 6.07 Å². The Morgan fingerprint density at radius 2 is 2.19 bits per heavy atom. The fourth-order valence-electron chi connectivity index (χ4n) is 0.896. The van der Waals surface area contributed by atoms with Gasteiger partial charge in [-0.05, 0) is 18.2 Å². The van der Waals surface area contributed by atoms with Crippen molar-refractivity contribution in [2.45, 2.75) is 0 Å². The molecule has 4 N–H and O–H groups in total. The minimum atomic E-state index is -4.38. The van der Waals surface area contributed by atoms with Gasteiger partial charge in [0.25, 0.3) is 10.1 Å². The van der Waals surface area contributed by atoms with Gasteiger partial charge in [-0.1, -0.05) is 6.07 Å². The van der Waals surface area contributed by atoms with Gasteiger partial charge in [0.15, 0.2) is 5.75 Å². The van der Waals surface area contributed by atoms with E-state index >= 15 is 0 Å². The molecule has 0 amide bonds. The SMILES string of the molecule is Nc1cccc(NOC(=O)CS(=O)(=O)O)c1. The van der Waals surface area contributed by atoms with Crippen LogP contribution < -0.4 is 11.2 Å². The Morgan fingerprint density at radius 1 is 1.50 bits per heavy atom. The molecule has 1 aromatic rings. The summed E-state index contributed by atoms with van der Waals surface area (Å²) in [5.41, 5.74) is 8.50. The lowest BCUT2D eigenvalue weighted by molar-refractivity contribution is -0.137. The molecule has 0 bridgehead atoms. The molecule has 0 fully saturated rings. The monoisotopic (exact) mass is 246 g/mol. The number of nitrogens with one attached hydrogen (secondary N) is 1. The van der Waals surface area contributed by atoms with Gasteiger partial charge in [0.1, 0.15) is 0 Å². The number of rotatable bonds is 4. The van der Waals surface area contributed by atoms with Crippen molar-refractivity contribution in [1.29, 1.82) is 0 Å². The minimum absolute atomic E-state index is 0.392. The summed E-state index contributed by atoms with van der Waals surface area (Å²) in [5.74, 6) is -2.23. The molecule has 0 saturated heterocycles. The van der Waals surface area contributed by atoms with Crippen LogP contribution in [0.3, 0.4) is 0 Å². The van der Waals surface area contributed by atoms with Crippen molar-refractivity contribution < 1.29 is 22.6 Å². The van der Waals surface area contributed by atoms with E-state index in [9.17, 15) is 13.2 Å². The molecule has 7 nitrogen and oxygen atoms in total. The summed E-state index contributed by atoms with van der Waals surface area (Å²) in [6.07, 6.45) is 0. The lowest BCUT2D eigenvalue weighted by atomic mass is 10.3. The number of benzene rings is 1. The molecule has 0 aliphatic carbocycles. The highest BCUT2D eigenvalue weighted by molar-refractivity contribution is 7.86. The van der Waals surface area contributed by atoms with Crippen LogP contribution in [0, 0.1) is 0 Å². The van der Waals surface area contributed by atoms with Crippen molar-refractivity contribution in [1.82, 2.24) is 0 Å². The Morgan fingerprint density at radius 3 is 2.75 bits per heavy atom. The van der Waals surface area contributed by atoms with E-state index in [2.05, 4.69) is 10.3 Å². The Labute approximate surface area is 91.9 Å². The van der Waals surface area contributed by atoms with Crippen molar-refractivity contribution in [3.05, 3.63) is 24.3 Å². The second-order valence-corrected chi connectivity index (χ2v) is 4.38. The van der Waals surface area contributed by atoms with E-state index in [1.54, 1.807) is 18.2 Å². The van der Waals surface area contributed by atoms with E-state index < -0.39 is 21.8 Å². The number of nitrogen functional groups attached to an aromatic ring is 1. The molecular weight excluding hydrogens is 236 g/mol. The Kier molecular flexibility index (Phi) is 3.69. The number of carbonyl (C=O) groups is 1. The number of carbonyl (C=O) groups excluding carboxylic acids is 1. The predicted molar refractivity (Wildman–Crippen MR) is 57.0 cm³/mol. The molecule has 88 valence electrons. The molecule has 0 aromatic heterocycles. The number of hydrogen-bond acceptors (Lipinski definition) is 6. The Hall–Kier alpha value is -1.80. The van der Waals surface area contributed by atoms with E-state index in [0.717, 1.165) is 0 Å². The third kappa shape index (κ3) is 4.62. The van der Waals surface area contributed by atoms with Gasteiger partial charge < -0.3 is 10.6 Å². The van der Waals surface area contributed by atoms with E-state index in [4.69, 9.17) is 10.3 Å². The lowest BCUT2D eigenvalue weighted by Gasteiger charge is -2.06. The van der Waals surface area contributed by atoms with Crippen LogP contribution in [0.5, 0.6) is 0 Å². The maximum Gasteiger partial charge on any atom is 0.349 e. The summed E-state index contributed by atoms with van der Waals surface area (Å²) in [7, 11) is -4.38. The lowest BCUT2D eigenvalue weighted by Crippen LogP contribution is -2.20. The fourth-order valence-corrected chi connectivity index (χ4v) is 1.25. The molecule has 0 aliphatic heterocycles. The van der Waals surface area contributed by atoms with Crippen LogP contribution in [-0.2, 0) is 19.8 Å². The molecule has 0 radical (unpaired) electrons. The van der Waals surface area contributed by atoms with Gasteiger partial charge in [0, 0.05) is 5.69 Å². The van der Waals surface area contributed by atoms with E-state index in [-0.39, 0.29) is 0 Å². The van der Waals surface area contributed by atoms with E-state index in [1.807, 2.05) is 0 Å². The quantitative estimate of drug-likeness (QED) is 0.389. The maximum absolute atomic E-state index is 10.9. The summed E-state index contributed by atoms with van der Waals surface area (Å²) in [5, 5.41) is 0. The van der Waals surface area contributed by atoms with Crippen LogP contribution >= 0.6 is 0 Å². The first-order chi connectivity index (χ1) is 7.37. The predicted octanol–water partition coefficient (Wildman–Crippen LogP) is 0.0267. The average molecular weight is 246 g/mol. The summed E-state index contributed by atoms with van der Waals surface area (Å²) >= 11 is 0. The van der Waals surface area contributed by atoms with Gasteiger partial charge >= 0.3 is 5.97 Å². The second-order valence-electron chi connectivity index (χ2n) is 2.93. The molecule has 1 aromatic carbocycles. The highest BCUT2D eigenvalue weighted by atomic mass is 32.2. The first-order valence-electron chi connectivity index (χ1n) is 4.13. The van der Waals surface area contributed by atoms with Crippen molar-refractivity contribution in [3.63, 3.8) is 0 Å². The standard InChI is InChI=1S/C8H10N2O5S/c9-6-2-1-3-7(4-6)10-15-8(11)5-16(12,13)14/h1-4,10H,5,9H2,(H,12,13,14). The fraction of sp³-hybridized carbons (Fsp3) is 0.125. The molecule has 0 aliphatic rings. The molecule has 0 heterocycles. The normalized spacial score (nSPS) is 10.8. The van der Waals surface area contributed by atoms with Gasteiger partial charge in [-0.2, -0.15) is 8.42 Å². The van der Waals surface area contributed by atoms with Crippen molar-refractivity contribution in [2.24, 2.45) is 0 Å². The molecule has 8 heteroatoms. The number of hydrogen-bond donors (Lipinski definition) is 3. The highest BCUT2D eigenvalue weighted by Crippen LogP contribution is 2.11. The summed E-state index contributed by atoms with van der Waals surface area (Å²) in [6.45, 7) is 0. The molecule has 0 atom stereocenters. The highest BCUT2D eigenvalue weighted by Gasteiger charge is 2.14. The van der Waals surface area contributed by atoms with Crippen LogP contribution in [0.4, 0.5) is 11.4 Å². The third-order valence-electron chi connectivity index (χ3n) is 1.47. The van der Waals surface area contributed by atoms with Crippen molar-refractivity contribution in [3.8, 4) is 0 Å². The van der Waals surface area contributed by atoms with Gasteiger partial charge in [0.05, 0.1) is 5.69 Å².